The van der Waals surface area contributed by atoms with Crippen LogP contribution in [0.3, 0.4) is 0 Å². The van der Waals surface area contributed by atoms with Crippen molar-refractivity contribution in [3.8, 4) is 5.75 Å². The van der Waals surface area contributed by atoms with Crippen molar-refractivity contribution in [1.82, 2.24) is 4.98 Å². The standard InChI is InChI=1S/C10H11F5N2O/c1-2-17-7-3-8(5-16-4-7)18-6-9(11,12)10(13,14)15/h3-5,17H,2,6H2,1H3. The number of alkyl halides is 5. The SMILES string of the molecule is CCNc1cncc(OCC(F)(F)C(F)(F)F)c1. The Balaban J connectivity index is 2.66. The van der Waals surface area contributed by atoms with Crippen LogP contribution in [0.4, 0.5) is 27.6 Å². The van der Waals surface area contributed by atoms with E-state index in [0.29, 0.717) is 12.2 Å². The van der Waals surface area contributed by atoms with Gasteiger partial charge in [0.05, 0.1) is 18.1 Å². The molecule has 18 heavy (non-hydrogen) atoms. The highest BCUT2D eigenvalue weighted by atomic mass is 19.4. The average Bonchev–Trinajstić information content (AvgIpc) is 2.26. The number of ether oxygens (including phenoxy) is 1. The molecule has 0 saturated carbocycles. The molecule has 0 fully saturated rings. The molecule has 0 amide bonds. The first kappa shape index (κ1) is 14.5. The number of nitrogens with one attached hydrogen (secondary N) is 1. The molecule has 0 aliphatic carbocycles. The minimum atomic E-state index is -5.63. The molecule has 0 aromatic carbocycles. The van der Waals surface area contributed by atoms with Crippen LogP contribution in [0.1, 0.15) is 6.92 Å². The van der Waals surface area contributed by atoms with Crippen LogP contribution in [-0.2, 0) is 0 Å². The second kappa shape index (κ2) is 5.36. The number of nitrogens with zero attached hydrogens (tertiary/aromatic N) is 1. The molecule has 0 saturated heterocycles. The first-order chi connectivity index (χ1) is 8.26. The normalized spacial score (nSPS) is 12.3. The summed E-state index contributed by atoms with van der Waals surface area (Å²) in [7, 11) is 0. The zero-order valence-electron chi connectivity index (χ0n) is 9.39. The predicted octanol–water partition coefficient (Wildman–Crippen LogP) is 3.09. The van der Waals surface area contributed by atoms with Crippen molar-refractivity contribution in [2.24, 2.45) is 0 Å². The van der Waals surface area contributed by atoms with Gasteiger partial charge in [-0.2, -0.15) is 22.0 Å². The first-order valence-electron chi connectivity index (χ1n) is 5.02. The second-order valence-corrected chi connectivity index (χ2v) is 3.43. The summed E-state index contributed by atoms with van der Waals surface area (Å²) in [6, 6.07) is 1.29. The van der Waals surface area contributed by atoms with E-state index in [0.717, 1.165) is 6.20 Å². The van der Waals surface area contributed by atoms with Gasteiger partial charge >= 0.3 is 12.1 Å². The van der Waals surface area contributed by atoms with E-state index in [1.54, 1.807) is 6.92 Å². The third-order valence-corrected chi connectivity index (χ3v) is 1.93. The molecule has 1 aromatic heterocycles. The molecule has 0 unspecified atom stereocenters. The lowest BCUT2D eigenvalue weighted by atomic mass is 10.3. The number of halogens is 5. The molecule has 0 radical (unpaired) electrons. The van der Waals surface area contributed by atoms with Gasteiger partial charge < -0.3 is 10.1 Å². The van der Waals surface area contributed by atoms with Crippen LogP contribution in [0, 0.1) is 0 Å². The fourth-order valence-corrected chi connectivity index (χ4v) is 1.05. The summed E-state index contributed by atoms with van der Waals surface area (Å²) in [6.45, 7) is 0.586. The molecule has 0 aliphatic rings. The van der Waals surface area contributed by atoms with E-state index in [-0.39, 0.29) is 5.75 Å². The second-order valence-electron chi connectivity index (χ2n) is 3.43. The van der Waals surface area contributed by atoms with Crippen LogP contribution in [0.25, 0.3) is 0 Å². The summed E-state index contributed by atoms with van der Waals surface area (Å²) in [5.74, 6) is -5.04. The molecule has 1 heterocycles. The highest BCUT2D eigenvalue weighted by molar-refractivity contribution is 5.44. The maximum Gasteiger partial charge on any atom is 0.456 e. The molecule has 1 aromatic rings. The van der Waals surface area contributed by atoms with E-state index in [1.807, 2.05) is 0 Å². The Kier molecular flexibility index (Phi) is 4.31. The largest absolute Gasteiger partial charge is 0.485 e. The molecular weight excluding hydrogens is 259 g/mol. The number of rotatable bonds is 5. The lowest BCUT2D eigenvalue weighted by Crippen LogP contribution is -2.41. The molecule has 1 N–H and O–H groups in total. The Bertz CT molecular complexity index is 394. The summed E-state index contributed by atoms with van der Waals surface area (Å²) in [6.07, 6.45) is -3.16. The third kappa shape index (κ3) is 3.71. The third-order valence-electron chi connectivity index (χ3n) is 1.93. The van der Waals surface area contributed by atoms with E-state index in [9.17, 15) is 22.0 Å². The number of hydrogen-bond acceptors (Lipinski definition) is 3. The van der Waals surface area contributed by atoms with Gasteiger partial charge in [-0.15, -0.1) is 0 Å². The van der Waals surface area contributed by atoms with Gasteiger partial charge in [0.2, 0.25) is 0 Å². The average molecular weight is 270 g/mol. The highest BCUT2D eigenvalue weighted by Gasteiger charge is 2.58. The van der Waals surface area contributed by atoms with Crippen LogP contribution >= 0.6 is 0 Å². The van der Waals surface area contributed by atoms with Gasteiger partial charge in [0.25, 0.3) is 0 Å². The van der Waals surface area contributed by atoms with Crippen LogP contribution in [0.2, 0.25) is 0 Å². The molecule has 102 valence electrons. The van der Waals surface area contributed by atoms with Crippen molar-refractivity contribution >= 4 is 5.69 Å². The van der Waals surface area contributed by atoms with Gasteiger partial charge in [0.1, 0.15) is 5.75 Å². The lowest BCUT2D eigenvalue weighted by molar-refractivity contribution is -0.290. The Morgan fingerprint density at radius 1 is 1.22 bits per heavy atom. The van der Waals surface area contributed by atoms with E-state index < -0.39 is 18.7 Å². The maximum absolute atomic E-state index is 12.6. The van der Waals surface area contributed by atoms with Gasteiger partial charge in [-0.1, -0.05) is 0 Å². The summed E-state index contributed by atoms with van der Waals surface area (Å²) in [5, 5.41) is 2.82. The molecule has 0 spiro atoms. The Morgan fingerprint density at radius 2 is 1.89 bits per heavy atom. The van der Waals surface area contributed by atoms with Crippen molar-refractivity contribution in [1.29, 1.82) is 0 Å². The summed E-state index contributed by atoms with van der Waals surface area (Å²) >= 11 is 0. The minimum absolute atomic E-state index is 0.155. The van der Waals surface area contributed by atoms with Crippen molar-refractivity contribution in [3.63, 3.8) is 0 Å². The topological polar surface area (TPSA) is 34.2 Å². The van der Waals surface area contributed by atoms with E-state index >= 15 is 0 Å². The van der Waals surface area contributed by atoms with Crippen LogP contribution in [0.15, 0.2) is 18.5 Å². The van der Waals surface area contributed by atoms with Gasteiger partial charge in [-0.25, -0.2) is 0 Å². The molecule has 8 heteroatoms. The van der Waals surface area contributed by atoms with E-state index in [4.69, 9.17) is 0 Å². The quantitative estimate of drug-likeness (QED) is 0.835. The van der Waals surface area contributed by atoms with Crippen molar-refractivity contribution in [2.45, 2.75) is 19.0 Å². The molecule has 0 aliphatic heterocycles. The fraction of sp³-hybridized carbons (Fsp3) is 0.500. The van der Waals surface area contributed by atoms with Crippen molar-refractivity contribution < 1.29 is 26.7 Å². The smallest absolute Gasteiger partial charge is 0.456 e. The lowest BCUT2D eigenvalue weighted by Gasteiger charge is -2.19. The number of hydrogen-bond donors (Lipinski definition) is 1. The zero-order valence-corrected chi connectivity index (χ0v) is 9.39. The zero-order chi connectivity index (χ0) is 13.8. The molecule has 1 rings (SSSR count). The fourth-order valence-electron chi connectivity index (χ4n) is 1.05. The maximum atomic E-state index is 12.6. The van der Waals surface area contributed by atoms with Gasteiger partial charge in [0.15, 0.2) is 6.61 Å². The minimum Gasteiger partial charge on any atom is -0.485 e. The van der Waals surface area contributed by atoms with Crippen LogP contribution in [0.5, 0.6) is 5.75 Å². The molecule has 3 nitrogen and oxygen atoms in total. The Hall–Kier alpha value is -1.60. The number of aromatic nitrogens is 1. The van der Waals surface area contributed by atoms with Crippen molar-refractivity contribution in [2.75, 3.05) is 18.5 Å². The molecular formula is C10H11F5N2O. The summed E-state index contributed by atoms with van der Waals surface area (Å²) in [4.78, 5) is 3.65. The van der Waals surface area contributed by atoms with Gasteiger partial charge in [0, 0.05) is 12.6 Å². The molecule has 0 atom stereocenters. The monoisotopic (exact) mass is 270 g/mol. The van der Waals surface area contributed by atoms with Crippen LogP contribution < -0.4 is 10.1 Å². The van der Waals surface area contributed by atoms with E-state index in [2.05, 4.69) is 15.0 Å². The van der Waals surface area contributed by atoms with E-state index in [1.165, 1.54) is 12.3 Å². The Labute approximate surface area is 100.0 Å². The number of pyridine rings is 1. The predicted molar refractivity (Wildman–Crippen MR) is 54.9 cm³/mol. The van der Waals surface area contributed by atoms with Gasteiger partial charge in [-0.05, 0) is 6.92 Å². The molecule has 0 bridgehead atoms. The Morgan fingerprint density at radius 3 is 2.44 bits per heavy atom. The number of anilines is 1. The first-order valence-corrected chi connectivity index (χ1v) is 5.02. The van der Waals surface area contributed by atoms with Gasteiger partial charge in [-0.3, -0.25) is 4.98 Å². The highest BCUT2D eigenvalue weighted by Crippen LogP contribution is 2.35. The summed E-state index contributed by atoms with van der Waals surface area (Å²) in [5.41, 5.74) is 0.477. The van der Waals surface area contributed by atoms with Crippen LogP contribution in [-0.4, -0.2) is 30.2 Å². The summed E-state index contributed by atoms with van der Waals surface area (Å²) < 4.78 is 65.2. The van der Waals surface area contributed by atoms with Crippen molar-refractivity contribution in [3.05, 3.63) is 18.5 Å².